The monoisotopic (exact) mass is 871 g/mol. The van der Waals surface area contributed by atoms with Crippen LogP contribution in [0.15, 0.2) is 48.5 Å². The lowest BCUT2D eigenvalue weighted by molar-refractivity contribution is -0.558. The third kappa shape index (κ3) is 8.64. The van der Waals surface area contributed by atoms with E-state index in [0.717, 1.165) is 9.47 Å². The van der Waals surface area contributed by atoms with Crippen molar-refractivity contribution >= 4 is 17.4 Å². The molecule has 0 heterocycles. The molecule has 2 aromatic rings. The number of anilines is 1. The zero-order chi connectivity index (χ0) is 44.2. The van der Waals surface area contributed by atoms with Crippen LogP contribution in [0.4, 0.5) is 107 Å². The maximum Gasteiger partial charge on any atom is 0.462 e. The molecule has 0 spiro atoms. The second-order valence-electron chi connectivity index (χ2n) is 10.3. The maximum atomic E-state index is 14.3. The number of rotatable bonds is 17. The molecule has 2 aromatic carbocycles. The molecule has 0 aliphatic heterocycles. The number of alkyl halides is 23. The summed E-state index contributed by atoms with van der Waals surface area (Å²) in [5.41, 5.74) is -1.88. The molecule has 56 heavy (non-hydrogen) atoms. The number of hydrogen-bond donors (Lipinski definition) is 1. The molecule has 0 aliphatic carbocycles. The summed E-state index contributed by atoms with van der Waals surface area (Å²) >= 11 is 0. The van der Waals surface area contributed by atoms with E-state index < -0.39 is 89.4 Å². The third-order valence-electron chi connectivity index (χ3n) is 6.34. The van der Waals surface area contributed by atoms with Crippen LogP contribution in [0.25, 0.3) is 0 Å². The van der Waals surface area contributed by atoms with Crippen molar-refractivity contribution in [2.24, 2.45) is 0 Å². The maximum absolute atomic E-state index is 14.3. The van der Waals surface area contributed by atoms with Crippen molar-refractivity contribution in [2.45, 2.75) is 66.5 Å². The number of carbonyl (C=O) groups excluding carboxylic acids is 2. The Kier molecular flexibility index (Phi) is 12.4. The molecule has 0 radical (unpaired) electrons. The molecule has 7 nitrogen and oxygen atoms in total. The summed E-state index contributed by atoms with van der Waals surface area (Å²) in [7, 11) is 1.50. The molecule has 0 aliphatic rings. The Balaban J connectivity index is 2.34. The van der Waals surface area contributed by atoms with E-state index in [2.05, 4.69) is 5.32 Å². The quantitative estimate of drug-likeness (QED) is 0.0734. The van der Waals surface area contributed by atoms with Gasteiger partial charge < -0.3 is 10.1 Å². The minimum Gasteiger partial charge on any atom is -0.423 e. The van der Waals surface area contributed by atoms with Gasteiger partial charge in [0.05, 0.1) is 5.56 Å². The van der Waals surface area contributed by atoms with Gasteiger partial charge in [0.25, 0.3) is 0 Å². The predicted octanol–water partition coefficient (Wildman–Crippen LogP) is 9.84. The molecular weight excluding hydrogens is 859 g/mol. The molecule has 0 amide bonds. The lowest BCUT2D eigenvalue weighted by Gasteiger charge is -2.39. The summed E-state index contributed by atoms with van der Waals surface area (Å²) in [5, 5.41) is 2.68. The molecule has 0 bridgehead atoms. The summed E-state index contributed by atoms with van der Waals surface area (Å²) in [6.07, 6.45) is -56.8. The summed E-state index contributed by atoms with van der Waals surface area (Å²) in [6, 6.07) is 6.04. The number of esters is 1. The van der Waals surface area contributed by atoms with Gasteiger partial charge in [-0.15, -0.1) is 0 Å². The van der Waals surface area contributed by atoms with Crippen LogP contribution in [-0.4, -0.2) is 85.3 Å². The highest BCUT2D eigenvalue weighted by Gasteiger charge is 2.86. The highest BCUT2D eigenvalue weighted by atomic mass is 19.4. The lowest BCUT2D eigenvalue weighted by Crippen LogP contribution is -2.66. The van der Waals surface area contributed by atoms with Crippen molar-refractivity contribution in [3.05, 3.63) is 59.7 Å². The molecule has 2 rings (SSSR count). The minimum absolute atomic E-state index is 0.0592. The van der Waals surface area contributed by atoms with Crippen LogP contribution in [0.5, 0.6) is 5.75 Å². The standard InChI is InChI=1S/C26H12F23NO6/c1-50-12-6-8-13(9-7-12)53-15(52)11-4-2-10(3-5-11)14(51)16(27,28)21(38,39)54-23(42,43)18(31,32)25(46,47)56-26(48,49)19(33,34)24(44,45)55-22(40,41)17(29,30)20(35,36)37/h2-9,50H,1H3. The first-order valence-electron chi connectivity index (χ1n) is 13.3. The van der Waals surface area contributed by atoms with Gasteiger partial charge in [0.1, 0.15) is 5.75 Å². The molecule has 1 N–H and O–H groups in total. The van der Waals surface area contributed by atoms with Crippen molar-refractivity contribution in [2.75, 3.05) is 12.4 Å². The van der Waals surface area contributed by atoms with E-state index in [9.17, 15) is 111 Å². The van der Waals surface area contributed by atoms with Gasteiger partial charge in [0.2, 0.25) is 5.78 Å². The number of nitrogens with one attached hydrogen (secondary N) is 1. The van der Waals surface area contributed by atoms with Gasteiger partial charge in [0.15, 0.2) is 0 Å². The second kappa shape index (κ2) is 14.5. The van der Waals surface area contributed by atoms with Crippen molar-refractivity contribution in [1.82, 2.24) is 0 Å². The minimum atomic E-state index is -8.62. The number of benzene rings is 2. The van der Waals surface area contributed by atoms with Crippen LogP contribution >= 0.6 is 0 Å². The first-order chi connectivity index (χ1) is 24.7. The summed E-state index contributed by atoms with van der Waals surface area (Å²) in [6.45, 7) is 0. The Hall–Kier alpha value is -4.35. The Morgan fingerprint density at radius 2 is 0.768 bits per heavy atom. The zero-order valence-electron chi connectivity index (χ0n) is 25.8. The average molecular weight is 871 g/mol. The molecular formula is C26H12F23NO6. The van der Waals surface area contributed by atoms with Gasteiger partial charge in [-0.25, -0.2) is 19.0 Å². The number of ketones is 1. The third-order valence-corrected chi connectivity index (χ3v) is 6.34. The number of hydrogen-bond acceptors (Lipinski definition) is 7. The summed E-state index contributed by atoms with van der Waals surface area (Å²) < 4.78 is 317. The van der Waals surface area contributed by atoms with Crippen molar-refractivity contribution in [1.29, 1.82) is 0 Å². The Bertz CT molecular complexity index is 1730. The fourth-order valence-electron chi connectivity index (χ4n) is 3.30. The van der Waals surface area contributed by atoms with E-state index in [1.54, 1.807) is 4.74 Å². The fraction of sp³-hybridized carbons (Fsp3) is 0.462. The largest absolute Gasteiger partial charge is 0.462 e. The molecule has 0 saturated carbocycles. The molecule has 0 atom stereocenters. The second-order valence-corrected chi connectivity index (χ2v) is 10.3. The fourth-order valence-corrected chi connectivity index (χ4v) is 3.30. The first-order valence-corrected chi connectivity index (χ1v) is 13.3. The SMILES string of the molecule is CNc1ccc(OC(=O)c2ccc(C(=O)C(F)(F)C(F)(F)OC(F)(F)C(F)(F)C(F)(F)OC(F)(F)C(F)(F)C(F)(F)OC(F)(F)C(F)(F)C(F)(F)F)cc2)cc1. The van der Waals surface area contributed by atoms with Crippen molar-refractivity contribution in [3.63, 3.8) is 0 Å². The van der Waals surface area contributed by atoms with Gasteiger partial charge in [-0.3, -0.25) is 4.79 Å². The Labute approximate surface area is 292 Å². The predicted molar refractivity (Wildman–Crippen MR) is 130 cm³/mol. The number of ether oxygens (including phenoxy) is 4. The van der Waals surface area contributed by atoms with Gasteiger partial charge in [0, 0.05) is 18.3 Å². The van der Waals surface area contributed by atoms with Crippen molar-refractivity contribution in [3.8, 4) is 5.75 Å². The van der Waals surface area contributed by atoms with Crippen LogP contribution in [-0.2, 0) is 14.2 Å². The summed E-state index contributed by atoms with van der Waals surface area (Å²) in [5.74, 6) is -37.0. The van der Waals surface area contributed by atoms with E-state index in [0.29, 0.717) is 17.8 Å². The van der Waals surface area contributed by atoms with Crippen LogP contribution in [0.2, 0.25) is 0 Å². The first kappa shape index (κ1) is 47.8. The number of carbonyl (C=O) groups is 2. The van der Waals surface area contributed by atoms with Crippen molar-refractivity contribution < 1.29 is 130 Å². The molecule has 30 heteroatoms. The molecule has 318 valence electrons. The number of halogens is 23. The van der Waals surface area contributed by atoms with Gasteiger partial charge in [-0.05, 0) is 36.4 Å². The normalized spacial score (nSPS) is 14.8. The molecule has 0 fully saturated rings. The topological polar surface area (TPSA) is 83.1 Å². The van der Waals surface area contributed by atoms with E-state index in [1.165, 1.54) is 31.3 Å². The van der Waals surface area contributed by atoms with Gasteiger partial charge in [-0.2, -0.15) is 101 Å². The van der Waals surface area contributed by atoms with E-state index in [4.69, 9.17) is 4.74 Å². The van der Waals surface area contributed by atoms with Crippen LogP contribution in [0.1, 0.15) is 20.7 Å². The Morgan fingerprint density at radius 3 is 1.11 bits per heavy atom. The van der Waals surface area contributed by atoms with Crippen LogP contribution < -0.4 is 10.1 Å². The van der Waals surface area contributed by atoms with E-state index in [-0.39, 0.29) is 17.9 Å². The molecule has 0 saturated heterocycles. The Morgan fingerprint density at radius 1 is 0.446 bits per heavy atom. The molecule has 0 unspecified atom stereocenters. The molecule has 0 aromatic heterocycles. The van der Waals surface area contributed by atoms with Crippen LogP contribution in [0.3, 0.4) is 0 Å². The zero-order valence-corrected chi connectivity index (χ0v) is 25.8. The lowest BCUT2D eigenvalue weighted by atomic mass is 10.0. The van der Waals surface area contributed by atoms with Gasteiger partial charge in [-0.1, -0.05) is 12.1 Å². The van der Waals surface area contributed by atoms with E-state index >= 15 is 0 Å². The summed E-state index contributed by atoms with van der Waals surface area (Å²) in [4.78, 5) is 24.2. The smallest absolute Gasteiger partial charge is 0.423 e. The van der Waals surface area contributed by atoms with Gasteiger partial charge >= 0.3 is 72.5 Å². The number of Topliss-reactive ketones (excluding diaryl/α,β-unsaturated/α-hetero) is 1. The average Bonchev–Trinajstić information content (AvgIpc) is 3.02. The highest BCUT2D eigenvalue weighted by Crippen LogP contribution is 2.58. The highest BCUT2D eigenvalue weighted by molar-refractivity contribution is 6.02. The van der Waals surface area contributed by atoms with Crippen LogP contribution in [0, 0.1) is 0 Å². The van der Waals surface area contributed by atoms with E-state index in [1.807, 2.05) is 0 Å².